The zero-order chi connectivity index (χ0) is 18.4. The number of benzene rings is 2. The molecule has 0 aliphatic carbocycles. The quantitative estimate of drug-likeness (QED) is 0.264. The average molecular weight is 476 g/mol. The summed E-state index contributed by atoms with van der Waals surface area (Å²) in [5.74, 6) is -0.121. The molecule has 0 fully saturated rings. The molecular formula is C17H17IO6S. The molecule has 2 rings (SSSR count). The topological polar surface area (TPSA) is 78.9 Å². The lowest BCUT2D eigenvalue weighted by Gasteiger charge is -2.12. The lowest BCUT2D eigenvalue weighted by atomic mass is 10.2. The van der Waals surface area contributed by atoms with Gasteiger partial charge in [0.25, 0.3) is 0 Å². The molecule has 25 heavy (non-hydrogen) atoms. The van der Waals surface area contributed by atoms with Crippen LogP contribution in [0.2, 0.25) is 0 Å². The number of esters is 1. The van der Waals surface area contributed by atoms with Crippen LogP contribution in [0.1, 0.15) is 15.9 Å². The van der Waals surface area contributed by atoms with Crippen molar-refractivity contribution >= 4 is 38.7 Å². The predicted octanol–water partition coefficient (Wildman–Crippen LogP) is 3.36. The summed E-state index contributed by atoms with van der Waals surface area (Å²) in [7, 11) is -3.03. The molecule has 0 atom stereocenters. The van der Waals surface area contributed by atoms with E-state index in [1.54, 1.807) is 25.1 Å². The van der Waals surface area contributed by atoms with Crippen LogP contribution in [-0.4, -0.2) is 32.5 Å². The molecule has 134 valence electrons. The summed E-state index contributed by atoms with van der Waals surface area (Å²) in [6.45, 7) is 2.31. The number of hydrogen-bond donors (Lipinski definition) is 0. The van der Waals surface area contributed by atoms with E-state index in [0.717, 1.165) is 9.99 Å². The van der Waals surface area contributed by atoms with Gasteiger partial charge in [-0.15, -0.1) is 0 Å². The van der Waals surface area contributed by atoms with Gasteiger partial charge >= 0.3 is 16.1 Å². The van der Waals surface area contributed by atoms with Crippen molar-refractivity contribution in [1.29, 1.82) is 0 Å². The summed E-state index contributed by atoms with van der Waals surface area (Å²) >= 11 is 2.18. The number of methoxy groups -OCH3 is 1. The molecule has 0 heterocycles. The van der Waals surface area contributed by atoms with Gasteiger partial charge in [-0.25, -0.2) is 4.79 Å². The number of hydrogen-bond acceptors (Lipinski definition) is 6. The molecule has 0 spiro atoms. The summed E-state index contributed by atoms with van der Waals surface area (Å²) in [5, 5.41) is 0. The average Bonchev–Trinajstić information content (AvgIpc) is 2.58. The third-order valence-electron chi connectivity index (χ3n) is 3.14. The Bertz CT molecular complexity index is 863. The van der Waals surface area contributed by atoms with E-state index in [-0.39, 0.29) is 16.2 Å². The van der Waals surface area contributed by atoms with E-state index in [4.69, 9.17) is 8.92 Å². The first-order valence-corrected chi connectivity index (χ1v) is 10.2. The number of carbonyl (C=O) groups excluding carboxylic acids is 1. The molecule has 0 unspecified atom stereocenters. The third-order valence-corrected chi connectivity index (χ3v) is 4.88. The molecule has 0 aliphatic heterocycles. The number of alkyl halides is 1. The van der Waals surface area contributed by atoms with E-state index in [1.165, 1.54) is 31.4 Å². The fraction of sp³-hybridized carbons (Fsp3) is 0.235. The van der Waals surface area contributed by atoms with Crippen LogP contribution < -0.4 is 8.92 Å². The molecule has 8 heteroatoms. The van der Waals surface area contributed by atoms with Crippen molar-refractivity contribution in [3.05, 3.63) is 53.6 Å². The van der Waals surface area contributed by atoms with Gasteiger partial charge in [0, 0.05) is 10.5 Å². The Morgan fingerprint density at radius 1 is 1.12 bits per heavy atom. The van der Waals surface area contributed by atoms with Gasteiger partial charge < -0.3 is 13.7 Å². The lowest BCUT2D eigenvalue weighted by molar-refractivity contribution is 0.0596. The summed E-state index contributed by atoms with van der Waals surface area (Å²) < 4.78 is 41.4. The molecule has 0 radical (unpaired) electrons. The molecule has 0 aromatic heterocycles. The summed E-state index contributed by atoms with van der Waals surface area (Å²) in [5.41, 5.74) is 0.705. The van der Waals surface area contributed by atoms with Crippen molar-refractivity contribution in [1.82, 2.24) is 0 Å². The fourth-order valence-electron chi connectivity index (χ4n) is 2.14. The monoisotopic (exact) mass is 476 g/mol. The van der Waals surface area contributed by atoms with Crippen LogP contribution >= 0.6 is 22.6 Å². The van der Waals surface area contributed by atoms with Gasteiger partial charge in [0.2, 0.25) is 0 Å². The van der Waals surface area contributed by atoms with E-state index >= 15 is 0 Å². The Hall–Kier alpha value is -1.81. The highest BCUT2D eigenvalue weighted by Gasteiger charge is 2.25. The van der Waals surface area contributed by atoms with Crippen LogP contribution in [0, 0.1) is 6.92 Å². The van der Waals surface area contributed by atoms with Crippen LogP contribution in [0.15, 0.2) is 47.4 Å². The smallest absolute Gasteiger partial charge is 0.340 e. The maximum atomic E-state index is 12.6. The number of aryl methyl sites for hydroxylation is 1. The maximum Gasteiger partial charge on any atom is 0.340 e. The predicted molar refractivity (Wildman–Crippen MR) is 101 cm³/mol. The standard InChI is InChI=1S/C17H17IO6S/c1-12-9-13(23-8-7-18)11-14(10-12)24-25(20,21)16-6-4-3-5-15(16)17(19)22-2/h3-6,9-11H,7-8H2,1-2H3. The van der Waals surface area contributed by atoms with Crippen molar-refractivity contribution in [3.8, 4) is 11.5 Å². The van der Waals surface area contributed by atoms with Gasteiger partial charge in [-0.2, -0.15) is 8.42 Å². The van der Waals surface area contributed by atoms with Crippen molar-refractivity contribution in [2.24, 2.45) is 0 Å². The van der Waals surface area contributed by atoms with E-state index in [2.05, 4.69) is 27.3 Å². The Kier molecular flexibility index (Phi) is 6.65. The minimum absolute atomic E-state index is 0.0842. The van der Waals surface area contributed by atoms with Crippen LogP contribution in [0.4, 0.5) is 0 Å². The second kappa shape index (κ2) is 8.52. The van der Waals surface area contributed by atoms with E-state index < -0.39 is 16.1 Å². The Morgan fingerprint density at radius 2 is 1.80 bits per heavy atom. The van der Waals surface area contributed by atoms with Gasteiger partial charge in [-0.1, -0.05) is 34.7 Å². The fourth-order valence-corrected chi connectivity index (χ4v) is 3.46. The molecule has 2 aromatic rings. The van der Waals surface area contributed by atoms with Gasteiger partial charge in [0.05, 0.1) is 19.3 Å². The molecule has 6 nitrogen and oxygen atoms in total. The molecule has 0 bridgehead atoms. The van der Waals surface area contributed by atoms with Gasteiger partial charge in [0.1, 0.15) is 16.4 Å². The number of rotatable bonds is 7. The summed E-state index contributed by atoms with van der Waals surface area (Å²) in [6, 6.07) is 10.6. The van der Waals surface area contributed by atoms with Crippen molar-refractivity contribution in [2.45, 2.75) is 11.8 Å². The normalized spacial score (nSPS) is 11.0. The zero-order valence-corrected chi connectivity index (χ0v) is 16.7. The van der Waals surface area contributed by atoms with Crippen LogP contribution in [0.25, 0.3) is 0 Å². The largest absolute Gasteiger partial charge is 0.493 e. The molecule has 0 saturated heterocycles. The third kappa shape index (κ3) is 5.08. The van der Waals surface area contributed by atoms with Gasteiger partial charge in [-0.05, 0) is 36.8 Å². The van der Waals surface area contributed by atoms with Crippen LogP contribution in [0.3, 0.4) is 0 Å². The Morgan fingerprint density at radius 3 is 2.48 bits per heavy atom. The summed E-state index contributed by atoms with van der Waals surface area (Å²) in [6.07, 6.45) is 0. The van der Waals surface area contributed by atoms with Gasteiger partial charge in [0.15, 0.2) is 0 Å². The minimum atomic E-state index is -4.21. The van der Waals surface area contributed by atoms with E-state index in [9.17, 15) is 13.2 Å². The van der Waals surface area contributed by atoms with Crippen LogP contribution in [-0.2, 0) is 14.9 Å². The number of carbonyl (C=O) groups is 1. The van der Waals surface area contributed by atoms with E-state index in [1.807, 2.05) is 0 Å². The van der Waals surface area contributed by atoms with E-state index in [0.29, 0.717) is 12.4 Å². The van der Waals surface area contributed by atoms with Crippen molar-refractivity contribution in [2.75, 3.05) is 18.1 Å². The molecule has 2 aromatic carbocycles. The maximum absolute atomic E-state index is 12.6. The summed E-state index contributed by atoms with van der Waals surface area (Å²) in [4.78, 5) is 11.5. The van der Waals surface area contributed by atoms with Crippen LogP contribution in [0.5, 0.6) is 11.5 Å². The first-order chi connectivity index (χ1) is 11.9. The molecule has 0 amide bonds. The highest BCUT2D eigenvalue weighted by molar-refractivity contribution is 14.1. The number of ether oxygens (including phenoxy) is 2. The lowest BCUT2D eigenvalue weighted by Crippen LogP contribution is -2.15. The molecule has 0 aliphatic rings. The Balaban J connectivity index is 2.37. The zero-order valence-electron chi connectivity index (χ0n) is 13.7. The first kappa shape index (κ1) is 19.5. The number of halogens is 1. The minimum Gasteiger partial charge on any atom is -0.493 e. The van der Waals surface area contributed by atoms with Gasteiger partial charge in [-0.3, -0.25) is 0 Å². The van der Waals surface area contributed by atoms with Crippen molar-refractivity contribution < 1.29 is 26.9 Å². The molecule has 0 N–H and O–H groups in total. The second-order valence-corrected chi connectivity index (χ2v) is 7.64. The Labute approximate surface area is 160 Å². The second-order valence-electron chi connectivity index (χ2n) is 5.04. The highest BCUT2D eigenvalue weighted by atomic mass is 127. The SMILES string of the molecule is COC(=O)c1ccccc1S(=O)(=O)Oc1cc(C)cc(OCCI)c1. The first-order valence-electron chi connectivity index (χ1n) is 7.29. The molecule has 0 saturated carbocycles. The highest BCUT2D eigenvalue weighted by Crippen LogP contribution is 2.27. The molecular weight excluding hydrogens is 459 g/mol. The van der Waals surface area contributed by atoms with Crippen molar-refractivity contribution in [3.63, 3.8) is 0 Å².